The summed E-state index contributed by atoms with van der Waals surface area (Å²) >= 11 is 0. The number of nitrogens with zero attached hydrogens (tertiary/aromatic N) is 2. The number of hydrogen-bond donors (Lipinski definition) is 2. The Morgan fingerprint density at radius 3 is 2.14 bits per heavy atom. The van der Waals surface area contributed by atoms with Crippen LogP contribution in [0.15, 0.2) is 60.8 Å². The summed E-state index contributed by atoms with van der Waals surface area (Å²) in [6.45, 7) is 0. The average Bonchev–Trinajstić information content (AvgIpc) is 2.81. The van der Waals surface area contributed by atoms with Crippen molar-refractivity contribution in [1.29, 1.82) is 0 Å². The zero-order chi connectivity index (χ0) is 26.2. The van der Waals surface area contributed by atoms with Crippen molar-refractivity contribution in [2.24, 2.45) is 0 Å². The zero-order valence-electron chi connectivity index (χ0n) is 18.0. The van der Waals surface area contributed by atoms with Crippen LogP contribution >= 0.6 is 0 Å². The highest BCUT2D eigenvalue weighted by Gasteiger charge is 2.42. The van der Waals surface area contributed by atoms with Crippen molar-refractivity contribution in [1.82, 2.24) is 15.8 Å². The van der Waals surface area contributed by atoms with E-state index in [4.69, 9.17) is 0 Å². The molecule has 13 heteroatoms. The fourth-order valence-electron chi connectivity index (χ4n) is 3.93. The summed E-state index contributed by atoms with van der Waals surface area (Å²) < 4.78 is 81.0. The molecule has 1 amide bonds. The molecule has 1 fully saturated rings. The van der Waals surface area contributed by atoms with Crippen LogP contribution in [0.25, 0.3) is 0 Å². The second-order valence-corrected chi connectivity index (χ2v) is 7.92. The number of benzene rings is 2. The Morgan fingerprint density at radius 1 is 0.889 bits per heavy atom. The number of alkyl halides is 3. The predicted octanol–water partition coefficient (Wildman–Crippen LogP) is 1.80. The molecule has 1 heterocycles. The first kappa shape index (κ1) is 25.4. The molecular formula is C23H16F6N4O3-2. The van der Waals surface area contributed by atoms with E-state index < -0.39 is 65.1 Å². The summed E-state index contributed by atoms with van der Waals surface area (Å²) in [5.41, 5.74) is 1.47. The number of carbonyl (C=O) groups is 1. The summed E-state index contributed by atoms with van der Waals surface area (Å²) in [4.78, 5) is 16.7. The minimum atomic E-state index is -4.88. The molecule has 4 rings (SSSR count). The molecule has 3 aromatic rings. The molecule has 0 saturated heterocycles. The molecule has 0 radical (unpaired) electrons. The smallest absolute Gasteiger partial charge is 0.418 e. The fraction of sp³-hybridized carbons (Fsp3) is 0.217. The molecule has 1 saturated carbocycles. The number of hydrazine groups is 1. The standard InChI is InChI=1S/C23H16F6N4O3/c24-11-3-1-4-14(8-11)33(15-9-12(25)7-13(26)10-15)19-20(34)18(21(19)35)31-32-22(36)17-16(23(27,28)29)5-2-6-30-17/h1-10,18-21,31H,(H,32,36)/q-2. The SMILES string of the molecule is O=C(NNC1C([O-])C(N(c2cccc(F)c2)c2cc(F)cc(F)c2)C1[O-])c1ncccc1C(F)(F)F. The van der Waals surface area contributed by atoms with Crippen molar-refractivity contribution in [3.63, 3.8) is 0 Å². The third kappa shape index (κ3) is 4.98. The number of amides is 1. The second-order valence-electron chi connectivity index (χ2n) is 7.92. The molecule has 7 nitrogen and oxygen atoms in total. The molecule has 1 aliphatic carbocycles. The highest BCUT2D eigenvalue weighted by Crippen LogP contribution is 2.36. The summed E-state index contributed by atoms with van der Waals surface area (Å²) in [5, 5.41) is 25.9. The van der Waals surface area contributed by atoms with E-state index in [-0.39, 0.29) is 11.4 Å². The van der Waals surface area contributed by atoms with Gasteiger partial charge in [-0.1, -0.05) is 18.3 Å². The van der Waals surface area contributed by atoms with Crippen LogP contribution in [0, 0.1) is 17.5 Å². The van der Waals surface area contributed by atoms with Crippen LogP contribution in [0.5, 0.6) is 0 Å². The van der Waals surface area contributed by atoms with Gasteiger partial charge in [0.2, 0.25) is 0 Å². The van der Waals surface area contributed by atoms with Gasteiger partial charge in [-0.3, -0.25) is 15.2 Å². The Labute approximate surface area is 200 Å². The molecule has 0 bridgehead atoms. The van der Waals surface area contributed by atoms with Gasteiger partial charge in [0.05, 0.1) is 5.56 Å². The minimum Gasteiger partial charge on any atom is -0.849 e. The quantitative estimate of drug-likeness (QED) is 0.387. The first-order chi connectivity index (χ1) is 17.0. The highest BCUT2D eigenvalue weighted by molar-refractivity contribution is 5.93. The second kappa shape index (κ2) is 9.76. The first-order valence-electron chi connectivity index (χ1n) is 10.4. The number of pyridine rings is 1. The van der Waals surface area contributed by atoms with Crippen LogP contribution in [-0.4, -0.2) is 35.2 Å². The number of halogens is 6. The number of rotatable bonds is 6. The Bertz CT molecular complexity index is 1240. The highest BCUT2D eigenvalue weighted by atomic mass is 19.4. The maximum absolute atomic E-state index is 13.9. The van der Waals surface area contributed by atoms with Crippen LogP contribution in [-0.2, 0) is 6.18 Å². The van der Waals surface area contributed by atoms with Gasteiger partial charge in [0, 0.05) is 35.7 Å². The lowest BCUT2D eigenvalue weighted by atomic mass is 9.78. The van der Waals surface area contributed by atoms with Gasteiger partial charge in [-0.2, -0.15) is 13.2 Å². The van der Waals surface area contributed by atoms with Gasteiger partial charge in [-0.25, -0.2) is 18.6 Å². The van der Waals surface area contributed by atoms with E-state index in [9.17, 15) is 41.4 Å². The zero-order valence-corrected chi connectivity index (χ0v) is 18.0. The van der Waals surface area contributed by atoms with E-state index in [2.05, 4.69) is 10.4 Å². The number of anilines is 2. The molecular weight excluding hydrogens is 494 g/mol. The predicted molar refractivity (Wildman–Crippen MR) is 110 cm³/mol. The van der Waals surface area contributed by atoms with Gasteiger partial charge in [0.25, 0.3) is 5.91 Å². The maximum Gasteiger partial charge on any atom is 0.418 e. The van der Waals surface area contributed by atoms with Crippen LogP contribution in [0.1, 0.15) is 16.1 Å². The third-order valence-corrected chi connectivity index (χ3v) is 5.57. The van der Waals surface area contributed by atoms with Crippen LogP contribution in [0.3, 0.4) is 0 Å². The summed E-state index contributed by atoms with van der Waals surface area (Å²) in [6, 6.07) is 5.55. The number of nitrogens with one attached hydrogen (secondary N) is 2. The molecule has 2 atom stereocenters. The van der Waals surface area contributed by atoms with Gasteiger partial charge >= 0.3 is 6.18 Å². The number of carbonyl (C=O) groups excluding carboxylic acids is 1. The van der Waals surface area contributed by atoms with Crippen molar-refractivity contribution >= 4 is 17.3 Å². The molecule has 36 heavy (non-hydrogen) atoms. The van der Waals surface area contributed by atoms with Crippen LogP contribution < -0.4 is 26.0 Å². The molecule has 0 spiro atoms. The van der Waals surface area contributed by atoms with E-state index in [1.165, 1.54) is 12.1 Å². The van der Waals surface area contributed by atoms with E-state index in [1.807, 2.05) is 5.43 Å². The summed E-state index contributed by atoms with van der Waals surface area (Å²) in [6.07, 6.45) is -7.59. The fourth-order valence-corrected chi connectivity index (χ4v) is 3.93. The Morgan fingerprint density at radius 2 is 1.53 bits per heavy atom. The Hall–Kier alpha value is -3.68. The molecule has 0 aliphatic heterocycles. The van der Waals surface area contributed by atoms with E-state index in [1.54, 1.807) is 0 Å². The summed E-state index contributed by atoms with van der Waals surface area (Å²) in [7, 11) is 0. The normalized spacial score (nSPS) is 21.6. The Balaban J connectivity index is 1.55. The van der Waals surface area contributed by atoms with Crippen molar-refractivity contribution in [3.8, 4) is 0 Å². The number of hydrogen-bond acceptors (Lipinski definition) is 6. The third-order valence-electron chi connectivity index (χ3n) is 5.57. The van der Waals surface area contributed by atoms with Gasteiger partial charge in [0.15, 0.2) is 0 Å². The van der Waals surface area contributed by atoms with E-state index in [0.717, 1.165) is 41.4 Å². The lowest BCUT2D eigenvalue weighted by molar-refractivity contribution is -0.533. The monoisotopic (exact) mass is 510 g/mol. The molecule has 1 aliphatic rings. The van der Waals surface area contributed by atoms with Crippen LogP contribution in [0.4, 0.5) is 37.7 Å². The van der Waals surface area contributed by atoms with Gasteiger partial charge < -0.3 is 15.1 Å². The molecule has 190 valence electrons. The van der Waals surface area contributed by atoms with E-state index in [0.29, 0.717) is 12.1 Å². The number of aromatic nitrogens is 1. The molecule has 2 unspecified atom stereocenters. The average molecular weight is 510 g/mol. The lowest BCUT2D eigenvalue weighted by Crippen LogP contribution is -2.83. The van der Waals surface area contributed by atoms with Gasteiger partial charge in [-0.15, -0.1) is 0 Å². The minimum absolute atomic E-state index is 0.0301. The van der Waals surface area contributed by atoms with Crippen molar-refractivity contribution < 1.29 is 41.4 Å². The maximum atomic E-state index is 13.9. The van der Waals surface area contributed by atoms with Gasteiger partial charge in [-0.05, 0) is 42.5 Å². The summed E-state index contributed by atoms with van der Waals surface area (Å²) in [5.74, 6) is -4.09. The van der Waals surface area contributed by atoms with Crippen LogP contribution in [0.2, 0.25) is 0 Å². The molecule has 1 aromatic heterocycles. The molecule has 2 aromatic carbocycles. The van der Waals surface area contributed by atoms with Crippen molar-refractivity contribution in [3.05, 3.63) is 89.5 Å². The van der Waals surface area contributed by atoms with E-state index >= 15 is 0 Å². The first-order valence-corrected chi connectivity index (χ1v) is 10.4. The van der Waals surface area contributed by atoms with Crippen molar-refractivity contribution in [2.75, 3.05) is 4.90 Å². The Kier molecular flexibility index (Phi) is 6.89. The molecule has 2 N–H and O–H groups in total. The van der Waals surface area contributed by atoms with Crippen molar-refractivity contribution in [2.45, 2.75) is 30.5 Å². The largest absolute Gasteiger partial charge is 0.849 e. The topological polar surface area (TPSA) is 103 Å². The lowest BCUT2D eigenvalue weighted by Gasteiger charge is -2.64. The van der Waals surface area contributed by atoms with Gasteiger partial charge in [0.1, 0.15) is 23.1 Å².